The van der Waals surface area contributed by atoms with E-state index in [1.165, 1.54) is 11.8 Å². The van der Waals surface area contributed by atoms with Crippen molar-refractivity contribution in [2.45, 2.75) is 32.0 Å². The van der Waals surface area contributed by atoms with Crippen LogP contribution in [-0.4, -0.2) is 41.0 Å². The Balaban J connectivity index is 1.76. The molecule has 0 aliphatic carbocycles. The van der Waals surface area contributed by atoms with E-state index in [9.17, 15) is 9.59 Å². The highest BCUT2D eigenvalue weighted by atomic mass is 32.2. The number of thioether (sulfide) groups is 1. The maximum atomic E-state index is 13.0. The van der Waals surface area contributed by atoms with Gasteiger partial charge in [-0.25, -0.2) is 4.98 Å². The highest BCUT2D eigenvalue weighted by Gasteiger charge is 2.14. The molecule has 8 heteroatoms. The van der Waals surface area contributed by atoms with Crippen molar-refractivity contribution in [3.63, 3.8) is 0 Å². The SMILES string of the molecule is CCOCCCn1c(SCC(=O)Nc2ccccc2OCC)nc2ccccc2c1=O. The lowest BCUT2D eigenvalue weighted by molar-refractivity contribution is -0.113. The minimum absolute atomic E-state index is 0.105. The van der Waals surface area contributed by atoms with E-state index in [4.69, 9.17) is 9.47 Å². The molecule has 2 aromatic carbocycles. The van der Waals surface area contributed by atoms with Crippen LogP contribution in [0.5, 0.6) is 5.75 Å². The lowest BCUT2D eigenvalue weighted by Gasteiger charge is -2.14. The van der Waals surface area contributed by atoms with Gasteiger partial charge in [0.15, 0.2) is 5.16 Å². The number of para-hydroxylation sites is 3. The fourth-order valence-corrected chi connectivity index (χ4v) is 3.92. The van der Waals surface area contributed by atoms with Crippen LogP contribution in [0, 0.1) is 0 Å². The maximum absolute atomic E-state index is 13.0. The van der Waals surface area contributed by atoms with Crippen LogP contribution < -0.4 is 15.6 Å². The Morgan fingerprint density at radius 1 is 1.10 bits per heavy atom. The third-order valence-electron chi connectivity index (χ3n) is 4.49. The molecule has 3 rings (SSSR count). The minimum Gasteiger partial charge on any atom is -0.492 e. The highest BCUT2D eigenvalue weighted by molar-refractivity contribution is 7.99. The number of hydrogen-bond donors (Lipinski definition) is 1. The fraction of sp³-hybridized carbons (Fsp3) is 0.348. The Morgan fingerprint density at radius 3 is 2.68 bits per heavy atom. The standard InChI is InChI=1S/C23H27N3O4S/c1-3-29-15-9-14-26-22(28)17-10-5-6-11-18(17)25-23(26)31-16-21(27)24-19-12-7-8-13-20(19)30-4-2/h5-8,10-13H,3-4,9,14-16H2,1-2H3,(H,24,27). The van der Waals surface area contributed by atoms with Crippen molar-refractivity contribution in [1.29, 1.82) is 0 Å². The molecule has 1 amide bonds. The number of rotatable bonds is 11. The Labute approximate surface area is 185 Å². The molecule has 164 valence electrons. The van der Waals surface area contributed by atoms with Crippen LogP contribution in [0.2, 0.25) is 0 Å². The molecular weight excluding hydrogens is 414 g/mol. The zero-order chi connectivity index (χ0) is 22.1. The van der Waals surface area contributed by atoms with E-state index >= 15 is 0 Å². The van der Waals surface area contributed by atoms with E-state index < -0.39 is 0 Å². The van der Waals surface area contributed by atoms with Crippen molar-refractivity contribution >= 4 is 34.3 Å². The van der Waals surface area contributed by atoms with Crippen LogP contribution in [0.25, 0.3) is 10.9 Å². The predicted molar refractivity (Wildman–Crippen MR) is 124 cm³/mol. The summed E-state index contributed by atoms with van der Waals surface area (Å²) in [6.45, 7) is 6.02. The summed E-state index contributed by atoms with van der Waals surface area (Å²) in [5, 5.41) is 3.97. The smallest absolute Gasteiger partial charge is 0.262 e. The van der Waals surface area contributed by atoms with Crippen LogP contribution in [-0.2, 0) is 16.1 Å². The molecule has 1 N–H and O–H groups in total. The molecule has 31 heavy (non-hydrogen) atoms. The van der Waals surface area contributed by atoms with Gasteiger partial charge in [-0.15, -0.1) is 0 Å². The lowest BCUT2D eigenvalue weighted by atomic mass is 10.2. The van der Waals surface area contributed by atoms with Gasteiger partial charge < -0.3 is 14.8 Å². The summed E-state index contributed by atoms with van der Waals surface area (Å²) >= 11 is 1.24. The van der Waals surface area contributed by atoms with Gasteiger partial charge in [-0.05, 0) is 44.5 Å². The van der Waals surface area contributed by atoms with E-state index in [0.29, 0.717) is 60.3 Å². The van der Waals surface area contributed by atoms with Gasteiger partial charge in [0.2, 0.25) is 5.91 Å². The fourth-order valence-electron chi connectivity index (χ4n) is 3.09. The number of aromatic nitrogens is 2. The van der Waals surface area contributed by atoms with Crippen molar-refractivity contribution < 1.29 is 14.3 Å². The first-order valence-electron chi connectivity index (χ1n) is 10.4. The number of anilines is 1. The van der Waals surface area contributed by atoms with Crippen LogP contribution in [0.4, 0.5) is 5.69 Å². The van der Waals surface area contributed by atoms with Gasteiger partial charge in [-0.1, -0.05) is 36.0 Å². The van der Waals surface area contributed by atoms with Crippen LogP contribution >= 0.6 is 11.8 Å². The number of hydrogen-bond acceptors (Lipinski definition) is 6. The average molecular weight is 442 g/mol. The van der Waals surface area contributed by atoms with Crippen LogP contribution in [0.15, 0.2) is 58.5 Å². The predicted octanol–water partition coefficient (Wildman–Crippen LogP) is 3.95. The summed E-state index contributed by atoms with van der Waals surface area (Å²) in [7, 11) is 0. The van der Waals surface area contributed by atoms with Gasteiger partial charge in [0, 0.05) is 19.8 Å². The third kappa shape index (κ3) is 6.08. The third-order valence-corrected chi connectivity index (χ3v) is 5.47. The topological polar surface area (TPSA) is 82.4 Å². The van der Waals surface area contributed by atoms with Crippen molar-refractivity contribution in [2.75, 3.05) is 30.9 Å². The molecule has 1 aromatic heterocycles. The molecule has 0 atom stereocenters. The molecule has 0 radical (unpaired) electrons. The van der Waals surface area contributed by atoms with Crippen molar-refractivity contribution in [2.24, 2.45) is 0 Å². The quantitative estimate of drug-likeness (QED) is 0.276. The Kier molecular flexibility index (Phi) is 8.49. The maximum Gasteiger partial charge on any atom is 0.262 e. The molecule has 0 fully saturated rings. The molecule has 3 aromatic rings. The van der Waals surface area contributed by atoms with Gasteiger partial charge in [-0.3, -0.25) is 14.2 Å². The van der Waals surface area contributed by atoms with E-state index in [0.717, 1.165) is 0 Å². The molecule has 0 spiro atoms. The zero-order valence-electron chi connectivity index (χ0n) is 17.8. The summed E-state index contributed by atoms with van der Waals surface area (Å²) in [4.78, 5) is 30.2. The summed E-state index contributed by atoms with van der Waals surface area (Å²) in [6.07, 6.45) is 0.690. The first kappa shape index (κ1) is 22.8. The van der Waals surface area contributed by atoms with Crippen LogP contribution in [0.1, 0.15) is 20.3 Å². The van der Waals surface area contributed by atoms with Crippen molar-refractivity contribution in [1.82, 2.24) is 9.55 Å². The molecule has 0 aliphatic heterocycles. The number of carbonyl (C=O) groups is 1. The van der Waals surface area contributed by atoms with E-state index in [2.05, 4.69) is 10.3 Å². The first-order valence-corrected chi connectivity index (χ1v) is 11.3. The van der Waals surface area contributed by atoms with Gasteiger partial charge in [0.05, 0.1) is 29.0 Å². The summed E-state index contributed by atoms with van der Waals surface area (Å²) in [5.74, 6) is 0.553. The van der Waals surface area contributed by atoms with Crippen molar-refractivity contribution in [3.8, 4) is 5.75 Å². The number of nitrogens with zero attached hydrogens (tertiary/aromatic N) is 2. The number of nitrogens with one attached hydrogen (secondary N) is 1. The molecule has 1 heterocycles. The van der Waals surface area contributed by atoms with E-state index in [1.54, 1.807) is 16.7 Å². The molecule has 0 aliphatic rings. The van der Waals surface area contributed by atoms with Gasteiger partial charge >= 0.3 is 0 Å². The summed E-state index contributed by atoms with van der Waals surface area (Å²) in [6, 6.07) is 14.6. The Bertz CT molecular complexity index is 1080. The molecular formula is C23H27N3O4S. The highest BCUT2D eigenvalue weighted by Crippen LogP contribution is 2.24. The number of benzene rings is 2. The monoisotopic (exact) mass is 441 g/mol. The molecule has 0 saturated carbocycles. The number of amides is 1. The molecule has 0 unspecified atom stereocenters. The zero-order valence-corrected chi connectivity index (χ0v) is 18.6. The number of fused-ring (bicyclic) bond motifs is 1. The van der Waals surface area contributed by atoms with E-state index in [-0.39, 0.29) is 17.2 Å². The Morgan fingerprint density at radius 2 is 1.87 bits per heavy atom. The molecule has 0 saturated heterocycles. The normalized spacial score (nSPS) is 10.9. The second-order valence-electron chi connectivity index (χ2n) is 6.68. The summed E-state index contributed by atoms with van der Waals surface area (Å²) in [5.41, 5.74) is 1.14. The largest absolute Gasteiger partial charge is 0.492 e. The second-order valence-corrected chi connectivity index (χ2v) is 7.63. The number of carbonyl (C=O) groups excluding carboxylic acids is 1. The number of ether oxygens (including phenoxy) is 2. The van der Waals surface area contributed by atoms with Crippen LogP contribution in [0.3, 0.4) is 0 Å². The van der Waals surface area contributed by atoms with Gasteiger partial charge in [0.1, 0.15) is 5.75 Å². The average Bonchev–Trinajstić information content (AvgIpc) is 2.78. The van der Waals surface area contributed by atoms with Crippen molar-refractivity contribution in [3.05, 3.63) is 58.9 Å². The van der Waals surface area contributed by atoms with Gasteiger partial charge in [0.25, 0.3) is 5.56 Å². The molecule has 7 nitrogen and oxygen atoms in total. The first-order chi connectivity index (χ1) is 15.1. The summed E-state index contributed by atoms with van der Waals surface area (Å²) < 4.78 is 12.6. The van der Waals surface area contributed by atoms with E-state index in [1.807, 2.05) is 50.2 Å². The molecule has 0 bridgehead atoms. The Hall–Kier alpha value is -2.84. The van der Waals surface area contributed by atoms with Gasteiger partial charge in [-0.2, -0.15) is 0 Å². The second kappa shape index (κ2) is 11.5. The lowest BCUT2D eigenvalue weighted by Crippen LogP contribution is -2.25. The minimum atomic E-state index is -0.194.